The van der Waals surface area contributed by atoms with E-state index in [-0.39, 0.29) is 18.8 Å². The van der Waals surface area contributed by atoms with Crippen LogP contribution < -0.4 is 5.32 Å². The van der Waals surface area contributed by atoms with E-state index in [0.29, 0.717) is 19.6 Å². The lowest BCUT2D eigenvalue weighted by molar-refractivity contribution is -0.0521. The Morgan fingerprint density at radius 3 is 2.78 bits per heavy atom. The van der Waals surface area contributed by atoms with Crippen LogP contribution in [0.3, 0.4) is 0 Å². The molecular formula is C13H26F2N2O. The van der Waals surface area contributed by atoms with Crippen LogP contribution >= 0.6 is 0 Å². The van der Waals surface area contributed by atoms with Gasteiger partial charge in [0.05, 0.1) is 13.2 Å². The summed E-state index contributed by atoms with van der Waals surface area (Å²) in [5.41, 5.74) is 0. The first kappa shape index (κ1) is 15.8. The van der Waals surface area contributed by atoms with Crippen molar-refractivity contribution in [3.05, 3.63) is 0 Å². The van der Waals surface area contributed by atoms with Gasteiger partial charge in [-0.3, -0.25) is 0 Å². The second-order valence-corrected chi connectivity index (χ2v) is 5.44. The topological polar surface area (TPSA) is 24.5 Å². The Balaban J connectivity index is 1.94. The predicted molar refractivity (Wildman–Crippen MR) is 69.1 cm³/mol. The van der Waals surface area contributed by atoms with Gasteiger partial charge in [0.2, 0.25) is 5.92 Å². The van der Waals surface area contributed by atoms with Gasteiger partial charge in [0.1, 0.15) is 0 Å². The normalized spacial score (nSPS) is 23.5. The van der Waals surface area contributed by atoms with E-state index in [1.165, 1.54) is 0 Å². The summed E-state index contributed by atoms with van der Waals surface area (Å²) < 4.78 is 31.7. The van der Waals surface area contributed by atoms with Gasteiger partial charge in [-0.1, -0.05) is 0 Å². The molecule has 0 amide bonds. The molecule has 5 heteroatoms. The lowest BCUT2D eigenvalue weighted by atomic mass is 9.86. The van der Waals surface area contributed by atoms with E-state index >= 15 is 0 Å². The Morgan fingerprint density at radius 2 is 2.11 bits per heavy atom. The van der Waals surface area contributed by atoms with Crippen molar-refractivity contribution in [1.29, 1.82) is 0 Å². The summed E-state index contributed by atoms with van der Waals surface area (Å²) >= 11 is 0. The number of nitrogens with one attached hydrogen (secondary N) is 1. The number of ether oxygens (including phenoxy) is 1. The summed E-state index contributed by atoms with van der Waals surface area (Å²) in [6, 6.07) is 0. The molecule has 1 atom stereocenters. The molecule has 1 aliphatic rings. The molecule has 1 unspecified atom stereocenters. The maximum absolute atomic E-state index is 13.1. The zero-order valence-corrected chi connectivity index (χ0v) is 11.6. The van der Waals surface area contributed by atoms with E-state index in [9.17, 15) is 8.78 Å². The Hall–Kier alpha value is -0.260. The van der Waals surface area contributed by atoms with Crippen LogP contribution in [-0.2, 0) is 4.74 Å². The number of hydrogen-bond donors (Lipinski definition) is 1. The molecule has 1 N–H and O–H groups in total. The van der Waals surface area contributed by atoms with E-state index in [1.54, 1.807) is 0 Å². The zero-order chi connectivity index (χ0) is 13.4. The minimum absolute atomic E-state index is 0.0431. The molecule has 18 heavy (non-hydrogen) atoms. The highest BCUT2D eigenvalue weighted by atomic mass is 19.3. The van der Waals surface area contributed by atoms with Gasteiger partial charge in [-0.25, -0.2) is 8.78 Å². The van der Waals surface area contributed by atoms with E-state index in [0.717, 1.165) is 26.1 Å². The van der Waals surface area contributed by atoms with Gasteiger partial charge in [-0.15, -0.1) is 0 Å². The molecule has 3 nitrogen and oxygen atoms in total. The molecule has 0 aromatic rings. The molecule has 0 bridgehead atoms. The number of nitrogens with zero attached hydrogens (tertiary/aromatic N) is 1. The van der Waals surface area contributed by atoms with E-state index in [2.05, 4.69) is 10.2 Å². The SMILES string of the molecule is CN(C)CCOCCNCC1CCCC(F)(F)C1. The molecule has 1 aliphatic carbocycles. The highest BCUT2D eigenvalue weighted by Crippen LogP contribution is 2.36. The summed E-state index contributed by atoms with van der Waals surface area (Å²) in [5.74, 6) is -2.32. The van der Waals surface area contributed by atoms with Crippen LogP contribution in [0, 0.1) is 5.92 Å². The second-order valence-electron chi connectivity index (χ2n) is 5.44. The van der Waals surface area contributed by atoms with Gasteiger partial charge in [0.25, 0.3) is 0 Å². The van der Waals surface area contributed by atoms with Crippen molar-refractivity contribution in [1.82, 2.24) is 10.2 Å². The number of alkyl halides is 2. The molecule has 0 radical (unpaired) electrons. The van der Waals surface area contributed by atoms with Crippen molar-refractivity contribution in [2.75, 3.05) is 46.9 Å². The van der Waals surface area contributed by atoms with Crippen molar-refractivity contribution in [3.8, 4) is 0 Å². The highest BCUT2D eigenvalue weighted by Gasteiger charge is 2.35. The number of halogens is 2. The first-order valence-electron chi connectivity index (χ1n) is 6.80. The van der Waals surface area contributed by atoms with Crippen molar-refractivity contribution >= 4 is 0 Å². The van der Waals surface area contributed by atoms with Crippen molar-refractivity contribution in [3.63, 3.8) is 0 Å². The quantitative estimate of drug-likeness (QED) is 0.678. The molecule has 1 saturated carbocycles. The molecule has 0 aromatic carbocycles. The molecular weight excluding hydrogens is 238 g/mol. The van der Waals surface area contributed by atoms with Crippen molar-refractivity contribution < 1.29 is 13.5 Å². The smallest absolute Gasteiger partial charge is 0.248 e. The van der Waals surface area contributed by atoms with Gasteiger partial charge < -0.3 is 15.0 Å². The first-order chi connectivity index (χ1) is 8.49. The van der Waals surface area contributed by atoms with Crippen LogP contribution in [0.4, 0.5) is 8.78 Å². The van der Waals surface area contributed by atoms with Crippen LogP contribution in [0.2, 0.25) is 0 Å². The standard InChI is InChI=1S/C13H26F2N2O/c1-17(2)7-9-18-8-6-16-11-12-4-3-5-13(14,15)10-12/h12,16H,3-11H2,1-2H3. The Labute approximate surface area is 109 Å². The summed E-state index contributed by atoms with van der Waals surface area (Å²) in [6.07, 6.45) is 1.68. The Morgan fingerprint density at radius 1 is 1.33 bits per heavy atom. The zero-order valence-electron chi connectivity index (χ0n) is 11.6. The summed E-state index contributed by atoms with van der Waals surface area (Å²) in [6.45, 7) is 3.71. The van der Waals surface area contributed by atoms with Gasteiger partial charge in [0, 0.05) is 25.9 Å². The van der Waals surface area contributed by atoms with Crippen LogP contribution in [0.15, 0.2) is 0 Å². The summed E-state index contributed by atoms with van der Waals surface area (Å²) in [7, 11) is 4.01. The van der Waals surface area contributed by atoms with Crippen molar-refractivity contribution in [2.45, 2.75) is 31.6 Å². The largest absolute Gasteiger partial charge is 0.379 e. The molecule has 0 heterocycles. The summed E-state index contributed by atoms with van der Waals surface area (Å²) in [5, 5.41) is 3.21. The van der Waals surface area contributed by atoms with E-state index < -0.39 is 5.92 Å². The maximum atomic E-state index is 13.1. The van der Waals surface area contributed by atoms with Crippen molar-refractivity contribution in [2.24, 2.45) is 5.92 Å². The van der Waals surface area contributed by atoms with Crippen LogP contribution in [0.25, 0.3) is 0 Å². The lowest BCUT2D eigenvalue weighted by Crippen LogP contribution is -2.34. The second kappa shape index (κ2) is 8.02. The Kier molecular flexibility index (Phi) is 7.04. The third kappa shape index (κ3) is 7.24. The first-order valence-corrected chi connectivity index (χ1v) is 6.80. The van der Waals surface area contributed by atoms with Crippen LogP contribution in [-0.4, -0.2) is 57.8 Å². The van der Waals surface area contributed by atoms with E-state index in [4.69, 9.17) is 4.74 Å². The molecule has 0 spiro atoms. The highest BCUT2D eigenvalue weighted by molar-refractivity contribution is 4.79. The van der Waals surface area contributed by atoms with Gasteiger partial charge in [-0.05, 0) is 39.4 Å². The maximum Gasteiger partial charge on any atom is 0.248 e. The lowest BCUT2D eigenvalue weighted by Gasteiger charge is -2.29. The predicted octanol–water partition coefficient (Wildman–Crippen LogP) is 1.98. The molecule has 0 aromatic heterocycles. The molecule has 108 valence electrons. The van der Waals surface area contributed by atoms with Gasteiger partial charge >= 0.3 is 0 Å². The fraction of sp³-hybridized carbons (Fsp3) is 1.00. The number of likely N-dealkylation sites (N-methyl/N-ethyl adjacent to an activating group) is 1. The minimum atomic E-state index is -2.44. The molecule has 1 fully saturated rings. The monoisotopic (exact) mass is 264 g/mol. The third-order valence-electron chi connectivity index (χ3n) is 3.28. The van der Waals surface area contributed by atoms with E-state index in [1.807, 2.05) is 14.1 Å². The molecule has 1 rings (SSSR count). The van der Waals surface area contributed by atoms with Crippen LogP contribution in [0.1, 0.15) is 25.7 Å². The fourth-order valence-corrected chi connectivity index (χ4v) is 2.25. The molecule has 0 saturated heterocycles. The average Bonchev–Trinajstić information content (AvgIpc) is 2.26. The third-order valence-corrected chi connectivity index (χ3v) is 3.28. The van der Waals surface area contributed by atoms with Crippen LogP contribution in [0.5, 0.6) is 0 Å². The fourth-order valence-electron chi connectivity index (χ4n) is 2.25. The average molecular weight is 264 g/mol. The summed E-state index contributed by atoms with van der Waals surface area (Å²) in [4.78, 5) is 2.07. The Bertz CT molecular complexity index is 225. The minimum Gasteiger partial charge on any atom is -0.379 e. The number of rotatable bonds is 8. The molecule has 0 aliphatic heterocycles. The van der Waals surface area contributed by atoms with Gasteiger partial charge in [0.15, 0.2) is 0 Å². The number of hydrogen-bond acceptors (Lipinski definition) is 3. The van der Waals surface area contributed by atoms with Gasteiger partial charge in [-0.2, -0.15) is 0 Å².